The maximum atomic E-state index is 5.02. The number of nitrogens with zero attached hydrogens (tertiary/aromatic N) is 5. The number of likely N-dealkylation sites (tertiary alicyclic amines) is 2. The molecular formula is C18H27N5. The van der Waals surface area contributed by atoms with Gasteiger partial charge in [-0.2, -0.15) is 0 Å². The molecule has 2 fully saturated rings. The molecule has 5 heteroatoms. The number of hydrogen-bond acceptors (Lipinski definition) is 4. The molecule has 0 saturated carbocycles. The van der Waals surface area contributed by atoms with Gasteiger partial charge in [-0.15, -0.1) is 0 Å². The van der Waals surface area contributed by atoms with Crippen molar-refractivity contribution in [3.05, 3.63) is 24.2 Å². The summed E-state index contributed by atoms with van der Waals surface area (Å²) in [5, 5.41) is 0. The lowest BCUT2D eigenvalue weighted by Gasteiger charge is -2.33. The third kappa shape index (κ3) is 2.66. The number of imidazole rings is 1. The van der Waals surface area contributed by atoms with Gasteiger partial charge in [0.2, 0.25) is 0 Å². The summed E-state index contributed by atoms with van der Waals surface area (Å²) in [5.41, 5.74) is 2.13. The van der Waals surface area contributed by atoms with E-state index in [-0.39, 0.29) is 0 Å². The Labute approximate surface area is 138 Å². The molecule has 124 valence electrons. The molecule has 4 rings (SSSR count). The van der Waals surface area contributed by atoms with Crippen molar-refractivity contribution in [3.63, 3.8) is 0 Å². The van der Waals surface area contributed by atoms with Crippen LogP contribution in [-0.4, -0.2) is 57.6 Å². The van der Waals surface area contributed by atoms with E-state index in [1.165, 1.54) is 44.6 Å². The molecule has 2 saturated heterocycles. The zero-order chi connectivity index (χ0) is 15.8. The van der Waals surface area contributed by atoms with Crippen LogP contribution in [0.5, 0.6) is 0 Å². The molecule has 2 aliphatic rings. The highest BCUT2D eigenvalue weighted by molar-refractivity contribution is 5.71. The summed E-state index contributed by atoms with van der Waals surface area (Å²) in [5.74, 6) is 1.24. The minimum atomic E-state index is 0.439. The first kappa shape index (κ1) is 15.1. The Kier molecular flexibility index (Phi) is 4.07. The number of piperidine rings is 1. The molecule has 2 aromatic rings. The molecule has 0 radical (unpaired) electrons. The van der Waals surface area contributed by atoms with E-state index in [1.54, 1.807) is 0 Å². The van der Waals surface area contributed by atoms with Gasteiger partial charge < -0.3 is 9.47 Å². The van der Waals surface area contributed by atoms with Crippen molar-refractivity contribution >= 4 is 11.2 Å². The summed E-state index contributed by atoms with van der Waals surface area (Å²) in [6.07, 6.45) is 6.93. The third-order valence-corrected chi connectivity index (χ3v) is 5.60. The highest BCUT2D eigenvalue weighted by Crippen LogP contribution is 2.35. The number of fused-ring (bicyclic) bond motifs is 1. The summed E-state index contributed by atoms with van der Waals surface area (Å²) < 4.78 is 2.47. The van der Waals surface area contributed by atoms with Crippen LogP contribution in [0.4, 0.5) is 0 Å². The first-order chi connectivity index (χ1) is 11.3. The van der Waals surface area contributed by atoms with Crippen molar-refractivity contribution in [2.75, 3.05) is 33.2 Å². The molecule has 0 aromatic carbocycles. The van der Waals surface area contributed by atoms with Crippen LogP contribution >= 0.6 is 0 Å². The Morgan fingerprint density at radius 1 is 1.22 bits per heavy atom. The van der Waals surface area contributed by atoms with Gasteiger partial charge in [-0.1, -0.05) is 13.3 Å². The predicted octanol–water partition coefficient (Wildman–Crippen LogP) is 2.85. The summed E-state index contributed by atoms with van der Waals surface area (Å²) in [6, 6.07) is 5.06. The summed E-state index contributed by atoms with van der Waals surface area (Å²) >= 11 is 0. The van der Waals surface area contributed by atoms with Crippen LogP contribution in [0.1, 0.15) is 50.5 Å². The van der Waals surface area contributed by atoms with Crippen molar-refractivity contribution in [3.8, 4) is 0 Å². The maximum absolute atomic E-state index is 5.02. The minimum Gasteiger partial charge on any atom is -0.307 e. The summed E-state index contributed by atoms with van der Waals surface area (Å²) in [7, 11) is 2.24. The van der Waals surface area contributed by atoms with E-state index in [2.05, 4.69) is 39.4 Å². The quantitative estimate of drug-likeness (QED) is 0.873. The molecule has 0 aliphatic carbocycles. The van der Waals surface area contributed by atoms with E-state index in [9.17, 15) is 0 Å². The van der Waals surface area contributed by atoms with Crippen molar-refractivity contribution in [2.24, 2.45) is 0 Å². The van der Waals surface area contributed by atoms with Gasteiger partial charge in [0.25, 0.3) is 0 Å². The van der Waals surface area contributed by atoms with Gasteiger partial charge in [0, 0.05) is 19.3 Å². The fourth-order valence-corrected chi connectivity index (χ4v) is 4.25. The SMILES string of the molecule is CCN1CCC(n2c(C3CCCCN3C)nc3cccnc32)C1. The highest BCUT2D eigenvalue weighted by atomic mass is 15.3. The third-order valence-electron chi connectivity index (χ3n) is 5.60. The van der Waals surface area contributed by atoms with Crippen LogP contribution in [0.2, 0.25) is 0 Å². The second kappa shape index (κ2) is 6.21. The van der Waals surface area contributed by atoms with Gasteiger partial charge in [0.15, 0.2) is 5.65 Å². The van der Waals surface area contributed by atoms with E-state index in [0.717, 1.165) is 24.3 Å². The minimum absolute atomic E-state index is 0.439. The van der Waals surface area contributed by atoms with Crippen LogP contribution < -0.4 is 0 Å². The second-order valence-electron chi connectivity index (χ2n) is 7.01. The second-order valence-corrected chi connectivity index (χ2v) is 7.01. The van der Waals surface area contributed by atoms with E-state index in [0.29, 0.717) is 12.1 Å². The molecule has 0 spiro atoms. The monoisotopic (exact) mass is 313 g/mol. The van der Waals surface area contributed by atoms with Gasteiger partial charge in [-0.05, 0) is 51.5 Å². The van der Waals surface area contributed by atoms with Crippen molar-refractivity contribution in [1.29, 1.82) is 0 Å². The van der Waals surface area contributed by atoms with Crippen molar-refractivity contribution < 1.29 is 0 Å². The summed E-state index contributed by atoms with van der Waals surface area (Å²) in [4.78, 5) is 14.7. The first-order valence-electron chi connectivity index (χ1n) is 9.03. The molecule has 2 aliphatic heterocycles. The van der Waals surface area contributed by atoms with Gasteiger partial charge in [-0.25, -0.2) is 9.97 Å². The van der Waals surface area contributed by atoms with Crippen LogP contribution in [0, 0.1) is 0 Å². The fourth-order valence-electron chi connectivity index (χ4n) is 4.25. The molecule has 2 atom stereocenters. The molecule has 0 amide bonds. The van der Waals surface area contributed by atoms with Crippen LogP contribution in [0.15, 0.2) is 18.3 Å². The number of aromatic nitrogens is 3. The van der Waals surface area contributed by atoms with E-state index >= 15 is 0 Å². The zero-order valence-electron chi connectivity index (χ0n) is 14.3. The molecule has 0 N–H and O–H groups in total. The summed E-state index contributed by atoms with van der Waals surface area (Å²) in [6.45, 7) is 6.88. The predicted molar refractivity (Wildman–Crippen MR) is 92.5 cm³/mol. The highest BCUT2D eigenvalue weighted by Gasteiger charge is 2.32. The topological polar surface area (TPSA) is 37.2 Å². The Balaban J connectivity index is 1.78. The van der Waals surface area contributed by atoms with E-state index in [4.69, 9.17) is 4.98 Å². The molecule has 2 unspecified atom stereocenters. The zero-order valence-corrected chi connectivity index (χ0v) is 14.3. The number of rotatable bonds is 3. The van der Waals surface area contributed by atoms with Crippen molar-refractivity contribution in [2.45, 2.75) is 44.7 Å². The van der Waals surface area contributed by atoms with Gasteiger partial charge in [0.05, 0.1) is 12.1 Å². The van der Waals surface area contributed by atoms with Crippen LogP contribution in [0.3, 0.4) is 0 Å². The fraction of sp³-hybridized carbons (Fsp3) is 0.667. The average Bonchev–Trinajstić information content (AvgIpc) is 3.19. The number of pyridine rings is 1. The Morgan fingerprint density at radius 3 is 2.91 bits per heavy atom. The maximum Gasteiger partial charge on any atom is 0.160 e. The molecular weight excluding hydrogens is 286 g/mol. The molecule has 23 heavy (non-hydrogen) atoms. The van der Waals surface area contributed by atoms with Gasteiger partial charge >= 0.3 is 0 Å². The lowest BCUT2D eigenvalue weighted by atomic mass is 10.0. The van der Waals surface area contributed by atoms with E-state index in [1.807, 2.05) is 12.3 Å². The molecule has 5 nitrogen and oxygen atoms in total. The normalized spacial score (nSPS) is 27.0. The van der Waals surface area contributed by atoms with Crippen LogP contribution in [0.25, 0.3) is 11.2 Å². The van der Waals surface area contributed by atoms with Crippen LogP contribution in [-0.2, 0) is 0 Å². The van der Waals surface area contributed by atoms with Gasteiger partial charge in [0.1, 0.15) is 11.3 Å². The largest absolute Gasteiger partial charge is 0.307 e. The molecule has 2 aromatic heterocycles. The Hall–Kier alpha value is -1.46. The number of likely N-dealkylation sites (N-methyl/N-ethyl adjacent to an activating group) is 1. The molecule has 4 heterocycles. The molecule has 0 bridgehead atoms. The lowest BCUT2D eigenvalue weighted by Crippen LogP contribution is -2.32. The number of hydrogen-bond donors (Lipinski definition) is 0. The average molecular weight is 313 g/mol. The Morgan fingerprint density at radius 2 is 2.13 bits per heavy atom. The van der Waals surface area contributed by atoms with Gasteiger partial charge in [-0.3, -0.25) is 4.90 Å². The Bertz CT molecular complexity index is 679. The standard InChI is InChI=1S/C18H27N5/c1-3-22-12-9-14(13-22)23-17-15(7-6-10-19-17)20-18(23)16-8-4-5-11-21(16)2/h6-7,10,14,16H,3-5,8-9,11-13H2,1-2H3. The smallest absolute Gasteiger partial charge is 0.160 e. The van der Waals surface area contributed by atoms with Crippen molar-refractivity contribution in [1.82, 2.24) is 24.3 Å². The van der Waals surface area contributed by atoms with E-state index < -0.39 is 0 Å². The lowest BCUT2D eigenvalue weighted by molar-refractivity contribution is 0.173. The first-order valence-corrected chi connectivity index (χ1v) is 9.03.